The van der Waals surface area contributed by atoms with Crippen LogP contribution >= 0.6 is 0 Å². The Kier molecular flexibility index (Phi) is 4.88. The molecule has 1 unspecified atom stereocenters. The Balaban J connectivity index is 1.74. The molecule has 5 heteroatoms. The average Bonchev–Trinajstić information content (AvgIpc) is 2.84. The van der Waals surface area contributed by atoms with E-state index >= 15 is 0 Å². The molecule has 1 aliphatic heterocycles. The minimum Gasteiger partial charge on any atom is -0.255 e. The lowest BCUT2D eigenvalue weighted by atomic mass is 10.0. The number of benzene rings is 3. The molecule has 152 valence electrons. The molecule has 0 fully saturated rings. The van der Waals surface area contributed by atoms with E-state index in [-0.39, 0.29) is 4.90 Å². The zero-order valence-corrected chi connectivity index (χ0v) is 17.5. The van der Waals surface area contributed by atoms with Crippen molar-refractivity contribution in [1.29, 1.82) is 0 Å². The molecule has 2 heterocycles. The number of aromatic nitrogens is 1. The molecular formula is C26H20N2O2S. The third-order valence-electron chi connectivity index (χ3n) is 5.38. The predicted molar refractivity (Wildman–Crippen MR) is 124 cm³/mol. The fourth-order valence-electron chi connectivity index (χ4n) is 3.95. The van der Waals surface area contributed by atoms with E-state index in [0.717, 1.165) is 16.5 Å². The van der Waals surface area contributed by atoms with Crippen LogP contribution in [0.15, 0.2) is 120 Å². The number of fused-ring (bicyclic) bond motifs is 1. The summed E-state index contributed by atoms with van der Waals surface area (Å²) in [7, 11) is -3.93. The SMILES string of the molecule is O=S(=O)(c1cccc2cccnc12)N1C(c2ccccc2)=CC=CC1c1ccccc1. The van der Waals surface area contributed by atoms with Gasteiger partial charge in [0.2, 0.25) is 0 Å². The van der Waals surface area contributed by atoms with Crippen LogP contribution in [0.25, 0.3) is 16.6 Å². The molecule has 1 aromatic heterocycles. The minimum absolute atomic E-state index is 0.198. The first-order valence-corrected chi connectivity index (χ1v) is 11.5. The molecule has 0 N–H and O–H groups in total. The van der Waals surface area contributed by atoms with Crippen LogP contribution in [-0.2, 0) is 10.0 Å². The molecule has 1 atom stereocenters. The van der Waals surface area contributed by atoms with Crippen molar-refractivity contribution >= 4 is 26.6 Å². The van der Waals surface area contributed by atoms with Gasteiger partial charge in [0.05, 0.1) is 17.3 Å². The second-order valence-corrected chi connectivity index (χ2v) is 9.07. The molecule has 0 saturated carbocycles. The van der Waals surface area contributed by atoms with Crippen LogP contribution in [0.4, 0.5) is 0 Å². The highest BCUT2D eigenvalue weighted by Gasteiger charge is 2.36. The largest absolute Gasteiger partial charge is 0.267 e. The summed E-state index contributed by atoms with van der Waals surface area (Å²) in [5.41, 5.74) is 2.84. The van der Waals surface area contributed by atoms with E-state index in [1.54, 1.807) is 18.3 Å². The third-order valence-corrected chi connectivity index (χ3v) is 7.21. The lowest BCUT2D eigenvalue weighted by Crippen LogP contribution is -2.34. The number of pyridine rings is 1. The number of rotatable bonds is 4. The fraction of sp³-hybridized carbons (Fsp3) is 0.0385. The van der Waals surface area contributed by atoms with Gasteiger partial charge >= 0.3 is 0 Å². The molecule has 0 aliphatic carbocycles. The molecule has 4 aromatic rings. The summed E-state index contributed by atoms with van der Waals surface area (Å²) in [6.45, 7) is 0. The Bertz CT molecular complexity index is 1390. The van der Waals surface area contributed by atoms with Crippen molar-refractivity contribution < 1.29 is 8.42 Å². The summed E-state index contributed by atoms with van der Waals surface area (Å²) >= 11 is 0. The van der Waals surface area contributed by atoms with Gasteiger partial charge in [0.25, 0.3) is 10.0 Å². The van der Waals surface area contributed by atoms with Gasteiger partial charge in [-0.3, -0.25) is 9.29 Å². The molecule has 0 bridgehead atoms. The van der Waals surface area contributed by atoms with Gasteiger partial charge in [0, 0.05) is 11.6 Å². The topological polar surface area (TPSA) is 50.3 Å². The van der Waals surface area contributed by atoms with Crippen LogP contribution < -0.4 is 0 Å². The Hall–Kier alpha value is -3.70. The van der Waals surface area contributed by atoms with E-state index in [2.05, 4.69) is 4.98 Å². The summed E-state index contributed by atoms with van der Waals surface area (Å²) < 4.78 is 29.9. The Labute approximate surface area is 181 Å². The van der Waals surface area contributed by atoms with Crippen LogP contribution in [-0.4, -0.2) is 17.7 Å². The van der Waals surface area contributed by atoms with Gasteiger partial charge in [-0.15, -0.1) is 0 Å². The summed E-state index contributed by atoms with van der Waals surface area (Å²) in [5.74, 6) is 0. The van der Waals surface area contributed by atoms with Gasteiger partial charge in [0.1, 0.15) is 4.90 Å². The Morgan fingerprint density at radius 2 is 1.48 bits per heavy atom. The Morgan fingerprint density at radius 3 is 2.26 bits per heavy atom. The number of sulfonamides is 1. The highest BCUT2D eigenvalue weighted by Crippen LogP contribution is 2.40. The lowest BCUT2D eigenvalue weighted by Gasteiger charge is -2.35. The molecule has 1 aliphatic rings. The van der Waals surface area contributed by atoms with Crippen molar-refractivity contribution in [3.8, 4) is 0 Å². The van der Waals surface area contributed by atoms with Crippen LogP contribution in [0.2, 0.25) is 0 Å². The summed E-state index contributed by atoms with van der Waals surface area (Å²) in [4.78, 5) is 4.59. The summed E-state index contributed by atoms with van der Waals surface area (Å²) in [5, 5.41) is 0.789. The molecule has 0 spiro atoms. The second-order valence-electron chi connectivity index (χ2n) is 7.29. The highest BCUT2D eigenvalue weighted by atomic mass is 32.2. The van der Waals surface area contributed by atoms with E-state index in [1.807, 2.05) is 97.1 Å². The molecule has 31 heavy (non-hydrogen) atoms. The number of allylic oxidation sites excluding steroid dienone is 2. The maximum Gasteiger partial charge on any atom is 0.267 e. The lowest BCUT2D eigenvalue weighted by molar-refractivity contribution is 0.470. The quantitative estimate of drug-likeness (QED) is 0.430. The van der Waals surface area contributed by atoms with Gasteiger partial charge < -0.3 is 0 Å². The van der Waals surface area contributed by atoms with E-state index in [4.69, 9.17) is 0 Å². The molecule has 3 aromatic carbocycles. The van der Waals surface area contributed by atoms with Crippen LogP contribution in [0.5, 0.6) is 0 Å². The summed E-state index contributed by atoms with van der Waals surface area (Å²) in [6, 6.07) is 27.8. The van der Waals surface area contributed by atoms with E-state index in [1.165, 1.54) is 4.31 Å². The smallest absolute Gasteiger partial charge is 0.255 e. The fourth-order valence-corrected chi connectivity index (χ4v) is 5.75. The zero-order chi connectivity index (χ0) is 21.3. The van der Waals surface area contributed by atoms with Gasteiger partial charge in [-0.2, -0.15) is 0 Å². The van der Waals surface area contributed by atoms with Crippen molar-refractivity contribution in [2.24, 2.45) is 0 Å². The molecular weight excluding hydrogens is 404 g/mol. The van der Waals surface area contributed by atoms with Crippen molar-refractivity contribution in [3.63, 3.8) is 0 Å². The van der Waals surface area contributed by atoms with E-state index < -0.39 is 16.1 Å². The van der Waals surface area contributed by atoms with Crippen LogP contribution in [0, 0.1) is 0 Å². The number of nitrogens with zero attached hydrogens (tertiary/aromatic N) is 2. The Morgan fingerprint density at radius 1 is 0.774 bits per heavy atom. The minimum atomic E-state index is -3.93. The molecule has 0 radical (unpaired) electrons. The van der Waals surface area contributed by atoms with Crippen molar-refractivity contribution in [1.82, 2.24) is 9.29 Å². The van der Waals surface area contributed by atoms with Crippen molar-refractivity contribution in [2.45, 2.75) is 10.9 Å². The normalized spacial score (nSPS) is 16.3. The second kappa shape index (κ2) is 7.85. The van der Waals surface area contributed by atoms with Crippen molar-refractivity contribution in [2.75, 3.05) is 0 Å². The zero-order valence-electron chi connectivity index (χ0n) is 16.7. The molecule has 4 nitrogen and oxygen atoms in total. The first-order valence-electron chi connectivity index (χ1n) is 10.0. The van der Waals surface area contributed by atoms with Crippen molar-refractivity contribution in [3.05, 3.63) is 127 Å². The van der Waals surface area contributed by atoms with Gasteiger partial charge in [-0.25, -0.2) is 8.42 Å². The van der Waals surface area contributed by atoms with Crippen LogP contribution in [0.1, 0.15) is 17.2 Å². The number of para-hydroxylation sites is 1. The monoisotopic (exact) mass is 424 g/mol. The summed E-state index contributed by atoms with van der Waals surface area (Å²) in [6.07, 6.45) is 7.32. The first kappa shape index (κ1) is 19.3. The highest BCUT2D eigenvalue weighted by molar-refractivity contribution is 7.89. The van der Waals surface area contributed by atoms with Gasteiger partial charge in [-0.1, -0.05) is 91.0 Å². The molecule has 0 amide bonds. The maximum absolute atomic E-state index is 14.2. The molecule has 0 saturated heterocycles. The number of hydrogen-bond acceptors (Lipinski definition) is 3. The maximum atomic E-state index is 14.2. The van der Waals surface area contributed by atoms with Crippen LogP contribution in [0.3, 0.4) is 0 Å². The van der Waals surface area contributed by atoms with E-state index in [0.29, 0.717) is 11.2 Å². The third kappa shape index (κ3) is 3.43. The van der Waals surface area contributed by atoms with Gasteiger partial charge in [0.15, 0.2) is 0 Å². The average molecular weight is 425 g/mol. The van der Waals surface area contributed by atoms with E-state index in [9.17, 15) is 8.42 Å². The van der Waals surface area contributed by atoms with Gasteiger partial charge in [-0.05, 0) is 29.3 Å². The molecule has 5 rings (SSSR count). The number of hydrogen-bond donors (Lipinski definition) is 0. The first-order chi connectivity index (χ1) is 15.2. The predicted octanol–water partition coefficient (Wildman–Crippen LogP) is 5.58. The standard InChI is InChI=1S/C26H20N2O2S/c29-31(30,25-18-7-14-22-15-9-19-27-26(22)25)28-23(20-10-3-1-4-11-20)16-8-17-24(28)21-12-5-2-6-13-21/h1-19,23H.